The normalized spacial score (nSPS) is 8.42. The molecule has 2 nitrogen and oxygen atoms in total. The number of amides is 1. The number of halogens is 1. The van der Waals surface area contributed by atoms with Crippen molar-refractivity contribution in [2.24, 2.45) is 0 Å². The molecule has 66 valence electrons. The van der Waals surface area contributed by atoms with Gasteiger partial charge in [0.05, 0.1) is 0 Å². The van der Waals surface area contributed by atoms with Crippen molar-refractivity contribution >= 4 is 22.9 Å². The summed E-state index contributed by atoms with van der Waals surface area (Å²) in [5.74, 6) is 0.00820. The Balaban J connectivity index is 0.00000121. The van der Waals surface area contributed by atoms with E-state index in [-0.39, 0.29) is 22.9 Å². The average Bonchev–Trinajstić information content (AvgIpc) is 2.03. The van der Waals surface area contributed by atoms with E-state index in [0.717, 1.165) is 5.56 Å². The third-order valence-corrected chi connectivity index (χ3v) is 1.38. The van der Waals surface area contributed by atoms with Crippen molar-refractivity contribution in [3.05, 3.63) is 35.9 Å². The first-order valence-electron chi connectivity index (χ1n) is 3.57. The summed E-state index contributed by atoms with van der Waals surface area (Å²) in [6.07, 6.45) is 0. The zero-order valence-corrected chi connectivity index (χ0v) is 8.62. The van der Waals surface area contributed by atoms with E-state index in [9.17, 15) is 4.79 Å². The molecular weight excluding hydrogens is 218 g/mol. The molecule has 0 aliphatic carbocycles. The number of rotatable bonds is 2. The predicted octanol–water partition coefficient (Wildman–Crippen LogP) is 1.90. The summed E-state index contributed by atoms with van der Waals surface area (Å²) in [5.41, 5.74) is 1.13. The second kappa shape index (κ2) is 5.77. The van der Waals surface area contributed by atoms with Gasteiger partial charge < -0.3 is 5.32 Å². The number of hydrogen-bond acceptors (Lipinski definition) is 1. The molecule has 1 amide bonds. The van der Waals surface area contributed by atoms with E-state index in [1.807, 2.05) is 30.3 Å². The fraction of sp³-hybridized carbons (Fsp3) is 0.222. The zero-order chi connectivity index (χ0) is 8.10. The summed E-state index contributed by atoms with van der Waals surface area (Å²) >= 11 is 0. The van der Waals surface area contributed by atoms with E-state index in [0.29, 0.717) is 6.54 Å². The molecule has 0 atom stereocenters. The van der Waals surface area contributed by atoms with E-state index in [1.165, 1.54) is 6.92 Å². The minimum atomic E-state index is 0. The summed E-state index contributed by atoms with van der Waals surface area (Å²) in [6, 6.07) is 9.83. The summed E-state index contributed by atoms with van der Waals surface area (Å²) in [6.45, 7) is 2.14. The van der Waals surface area contributed by atoms with Gasteiger partial charge in [-0.2, -0.15) is 0 Å². The van der Waals surface area contributed by atoms with Crippen LogP contribution in [0.2, 0.25) is 0 Å². The number of hydrogen-bond donors (Lipinski definition) is 1. The third kappa shape index (κ3) is 4.13. The van der Waals surface area contributed by atoms with Gasteiger partial charge in [-0.15, -0.1) is 17.0 Å². The molecule has 3 heteroatoms. The van der Waals surface area contributed by atoms with Crippen molar-refractivity contribution in [2.75, 3.05) is 0 Å². The molecular formula is C9H12BrNO. The Kier molecular flexibility index (Phi) is 5.37. The Hall–Kier alpha value is -0.830. The maximum atomic E-state index is 10.5. The molecule has 1 aromatic carbocycles. The summed E-state index contributed by atoms with van der Waals surface area (Å²) in [7, 11) is 0. The Morgan fingerprint density at radius 2 is 1.92 bits per heavy atom. The van der Waals surface area contributed by atoms with E-state index < -0.39 is 0 Å². The minimum absolute atomic E-state index is 0. The number of benzene rings is 1. The van der Waals surface area contributed by atoms with Gasteiger partial charge in [0.25, 0.3) is 0 Å². The molecule has 1 aromatic rings. The molecule has 0 saturated heterocycles. The fourth-order valence-electron chi connectivity index (χ4n) is 0.822. The van der Waals surface area contributed by atoms with Crippen LogP contribution in [-0.4, -0.2) is 5.91 Å². The monoisotopic (exact) mass is 229 g/mol. The van der Waals surface area contributed by atoms with Crippen molar-refractivity contribution in [3.8, 4) is 0 Å². The molecule has 1 N–H and O–H groups in total. The third-order valence-electron chi connectivity index (χ3n) is 1.38. The Labute approximate surface area is 82.8 Å². The van der Waals surface area contributed by atoms with Crippen LogP contribution in [0.1, 0.15) is 12.5 Å². The lowest BCUT2D eigenvalue weighted by Gasteiger charge is -2.00. The van der Waals surface area contributed by atoms with Crippen LogP contribution >= 0.6 is 17.0 Å². The molecule has 0 unspecified atom stereocenters. The molecule has 0 bridgehead atoms. The first kappa shape index (κ1) is 11.2. The topological polar surface area (TPSA) is 29.1 Å². The smallest absolute Gasteiger partial charge is 0.217 e. The molecule has 0 fully saturated rings. The number of carbonyl (C=O) groups excluding carboxylic acids is 1. The summed E-state index contributed by atoms with van der Waals surface area (Å²) in [5, 5.41) is 2.72. The van der Waals surface area contributed by atoms with Crippen molar-refractivity contribution in [2.45, 2.75) is 13.5 Å². The van der Waals surface area contributed by atoms with Crippen LogP contribution in [0.25, 0.3) is 0 Å². The fourth-order valence-corrected chi connectivity index (χ4v) is 0.822. The van der Waals surface area contributed by atoms with Crippen molar-refractivity contribution in [3.63, 3.8) is 0 Å². The maximum absolute atomic E-state index is 10.5. The van der Waals surface area contributed by atoms with Gasteiger partial charge in [0.2, 0.25) is 5.91 Å². The first-order chi connectivity index (χ1) is 5.29. The molecule has 0 heterocycles. The highest BCUT2D eigenvalue weighted by molar-refractivity contribution is 8.93. The zero-order valence-electron chi connectivity index (χ0n) is 6.91. The van der Waals surface area contributed by atoms with E-state index >= 15 is 0 Å². The SMILES string of the molecule is Br.CC(=O)NCc1ccccc1. The van der Waals surface area contributed by atoms with Gasteiger partial charge in [-0.1, -0.05) is 30.3 Å². The standard InChI is InChI=1S/C9H11NO.BrH/c1-8(11)10-7-9-5-3-2-4-6-9;/h2-6H,7H2,1H3,(H,10,11);1H. The summed E-state index contributed by atoms with van der Waals surface area (Å²) in [4.78, 5) is 10.5. The van der Waals surface area contributed by atoms with Gasteiger partial charge in [-0.05, 0) is 5.56 Å². The lowest BCUT2D eigenvalue weighted by atomic mass is 10.2. The lowest BCUT2D eigenvalue weighted by molar-refractivity contribution is -0.119. The van der Waals surface area contributed by atoms with Crippen LogP contribution in [-0.2, 0) is 11.3 Å². The predicted molar refractivity (Wildman–Crippen MR) is 54.3 cm³/mol. The Morgan fingerprint density at radius 1 is 1.33 bits per heavy atom. The number of carbonyl (C=O) groups is 1. The van der Waals surface area contributed by atoms with Crippen LogP contribution < -0.4 is 5.32 Å². The van der Waals surface area contributed by atoms with Crippen LogP contribution in [0.15, 0.2) is 30.3 Å². The van der Waals surface area contributed by atoms with E-state index in [4.69, 9.17) is 0 Å². The van der Waals surface area contributed by atoms with Crippen molar-refractivity contribution in [1.29, 1.82) is 0 Å². The highest BCUT2D eigenvalue weighted by Gasteiger charge is 1.91. The molecule has 0 aliphatic rings. The van der Waals surface area contributed by atoms with Crippen LogP contribution in [0.3, 0.4) is 0 Å². The molecule has 0 saturated carbocycles. The number of nitrogens with one attached hydrogen (secondary N) is 1. The molecule has 12 heavy (non-hydrogen) atoms. The maximum Gasteiger partial charge on any atom is 0.217 e. The minimum Gasteiger partial charge on any atom is -0.352 e. The molecule has 0 aromatic heterocycles. The lowest BCUT2D eigenvalue weighted by Crippen LogP contribution is -2.18. The van der Waals surface area contributed by atoms with E-state index in [1.54, 1.807) is 0 Å². The Morgan fingerprint density at radius 3 is 2.42 bits per heavy atom. The van der Waals surface area contributed by atoms with Gasteiger partial charge >= 0.3 is 0 Å². The van der Waals surface area contributed by atoms with Crippen LogP contribution in [0.5, 0.6) is 0 Å². The van der Waals surface area contributed by atoms with Gasteiger partial charge in [0.1, 0.15) is 0 Å². The molecule has 1 rings (SSSR count). The molecule has 0 radical (unpaired) electrons. The second-order valence-corrected chi connectivity index (χ2v) is 2.40. The molecule has 0 aliphatic heterocycles. The second-order valence-electron chi connectivity index (χ2n) is 2.40. The summed E-state index contributed by atoms with van der Waals surface area (Å²) < 4.78 is 0. The first-order valence-corrected chi connectivity index (χ1v) is 3.57. The van der Waals surface area contributed by atoms with Crippen LogP contribution in [0.4, 0.5) is 0 Å². The van der Waals surface area contributed by atoms with E-state index in [2.05, 4.69) is 5.32 Å². The largest absolute Gasteiger partial charge is 0.352 e. The average molecular weight is 230 g/mol. The Bertz CT molecular complexity index is 236. The quantitative estimate of drug-likeness (QED) is 0.825. The van der Waals surface area contributed by atoms with Gasteiger partial charge in [-0.25, -0.2) is 0 Å². The van der Waals surface area contributed by atoms with Gasteiger partial charge in [0, 0.05) is 13.5 Å². The highest BCUT2D eigenvalue weighted by atomic mass is 79.9. The highest BCUT2D eigenvalue weighted by Crippen LogP contribution is 1.96. The van der Waals surface area contributed by atoms with Crippen molar-refractivity contribution in [1.82, 2.24) is 5.32 Å². The van der Waals surface area contributed by atoms with Crippen molar-refractivity contribution < 1.29 is 4.79 Å². The molecule has 0 spiro atoms. The van der Waals surface area contributed by atoms with Gasteiger partial charge in [-0.3, -0.25) is 4.79 Å². The van der Waals surface area contributed by atoms with Crippen LogP contribution in [0, 0.1) is 0 Å². The van der Waals surface area contributed by atoms with Gasteiger partial charge in [0.15, 0.2) is 0 Å².